The van der Waals surface area contributed by atoms with Gasteiger partial charge >= 0.3 is 0 Å². The van der Waals surface area contributed by atoms with Crippen LogP contribution in [0, 0.1) is 0 Å². The van der Waals surface area contributed by atoms with E-state index in [2.05, 4.69) is 0 Å². The lowest BCUT2D eigenvalue weighted by Crippen LogP contribution is -2.38. The van der Waals surface area contributed by atoms with Crippen LogP contribution in [-0.2, 0) is 20.9 Å². The van der Waals surface area contributed by atoms with Crippen molar-refractivity contribution in [3.05, 3.63) is 77.5 Å². The molecule has 150 valence electrons. The third-order valence-corrected chi connectivity index (χ3v) is 5.03. The lowest BCUT2D eigenvalue weighted by Gasteiger charge is -2.34. The number of hydrogen-bond acceptors (Lipinski definition) is 3. The Balaban J connectivity index is 1.83. The summed E-state index contributed by atoms with van der Waals surface area (Å²) in [5, 5.41) is 0. The van der Waals surface area contributed by atoms with Gasteiger partial charge in [-0.1, -0.05) is 54.6 Å². The minimum atomic E-state index is -0.452. The van der Waals surface area contributed by atoms with E-state index in [1.54, 1.807) is 16.0 Å². The fourth-order valence-corrected chi connectivity index (χ4v) is 3.55. The van der Waals surface area contributed by atoms with Crippen molar-refractivity contribution in [3.63, 3.8) is 0 Å². The van der Waals surface area contributed by atoms with Gasteiger partial charge in [-0.15, -0.1) is 0 Å². The van der Waals surface area contributed by atoms with Gasteiger partial charge in [0.2, 0.25) is 17.7 Å². The number of primary amides is 1. The van der Waals surface area contributed by atoms with E-state index in [1.165, 1.54) is 6.92 Å². The zero-order valence-corrected chi connectivity index (χ0v) is 16.5. The summed E-state index contributed by atoms with van der Waals surface area (Å²) in [6.45, 7) is 2.12. The number of carbonyl (C=O) groups excluding carboxylic acids is 3. The molecule has 1 heterocycles. The van der Waals surface area contributed by atoms with Crippen molar-refractivity contribution < 1.29 is 14.4 Å². The second kappa shape index (κ2) is 9.19. The number of rotatable bonds is 7. The molecule has 0 aliphatic carbocycles. The first kappa shape index (κ1) is 20.3. The molecule has 0 aromatic heterocycles. The number of amides is 3. The molecule has 0 radical (unpaired) electrons. The maximum atomic E-state index is 13.2. The van der Waals surface area contributed by atoms with Crippen molar-refractivity contribution in [2.75, 3.05) is 6.54 Å². The summed E-state index contributed by atoms with van der Waals surface area (Å²) in [4.78, 5) is 39.9. The largest absolute Gasteiger partial charge is 0.370 e. The monoisotopic (exact) mass is 391 g/mol. The van der Waals surface area contributed by atoms with Crippen LogP contribution >= 0.6 is 0 Å². The third-order valence-electron chi connectivity index (χ3n) is 5.03. The van der Waals surface area contributed by atoms with Crippen molar-refractivity contribution in [2.24, 2.45) is 5.73 Å². The fourth-order valence-electron chi connectivity index (χ4n) is 3.55. The van der Waals surface area contributed by atoms with E-state index in [4.69, 9.17) is 5.73 Å². The van der Waals surface area contributed by atoms with Crippen molar-refractivity contribution >= 4 is 23.8 Å². The first-order chi connectivity index (χ1) is 14.0. The summed E-state index contributed by atoms with van der Waals surface area (Å²) in [5.74, 6) is -0.705. The molecule has 3 rings (SSSR count). The third kappa shape index (κ3) is 5.10. The van der Waals surface area contributed by atoms with Gasteiger partial charge in [0.05, 0.1) is 12.5 Å². The van der Waals surface area contributed by atoms with E-state index < -0.39 is 5.91 Å². The molecular weight excluding hydrogens is 366 g/mol. The molecule has 0 spiro atoms. The van der Waals surface area contributed by atoms with Gasteiger partial charge in [0, 0.05) is 32.6 Å². The number of carbonyl (C=O) groups is 3. The standard InChI is InChI=1S/C23H25N3O3/c1-17(27)26-14-11-19-9-5-6-10-20(19)21(26)15-23(29)25(13-12-22(24)28)16-18-7-3-2-4-8-18/h2-11,14,21H,12-13,15-16H2,1H3,(H2,24,28). The molecule has 2 aromatic carbocycles. The van der Waals surface area contributed by atoms with Gasteiger partial charge in [0.1, 0.15) is 0 Å². The van der Waals surface area contributed by atoms with Crippen LogP contribution < -0.4 is 5.73 Å². The van der Waals surface area contributed by atoms with E-state index in [-0.39, 0.29) is 37.2 Å². The van der Waals surface area contributed by atoms with E-state index in [1.807, 2.05) is 60.7 Å². The normalized spacial score (nSPS) is 14.9. The highest BCUT2D eigenvalue weighted by molar-refractivity contribution is 5.82. The molecule has 0 bridgehead atoms. The fraction of sp³-hybridized carbons (Fsp3) is 0.261. The quantitative estimate of drug-likeness (QED) is 0.788. The van der Waals surface area contributed by atoms with Crippen LogP contribution in [0.3, 0.4) is 0 Å². The smallest absolute Gasteiger partial charge is 0.225 e. The van der Waals surface area contributed by atoms with Gasteiger partial charge in [-0.05, 0) is 22.8 Å². The molecule has 6 heteroatoms. The predicted octanol–water partition coefficient (Wildman–Crippen LogP) is 2.85. The molecule has 1 aliphatic heterocycles. The van der Waals surface area contributed by atoms with E-state index in [0.717, 1.165) is 16.7 Å². The van der Waals surface area contributed by atoms with Crippen molar-refractivity contribution in [1.29, 1.82) is 0 Å². The van der Waals surface area contributed by atoms with E-state index in [0.29, 0.717) is 6.54 Å². The van der Waals surface area contributed by atoms with Crippen molar-refractivity contribution in [3.8, 4) is 0 Å². The van der Waals surface area contributed by atoms with E-state index >= 15 is 0 Å². The summed E-state index contributed by atoms with van der Waals surface area (Å²) in [6.07, 6.45) is 3.84. The minimum absolute atomic E-state index is 0.0934. The molecule has 3 amide bonds. The maximum Gasteiger partial charge on any atom is 0.225 e. The molecule has 0 fully saturated rings. The number of fused-ring (bicyclic) bond motifs is 1. The van der Waals surface area contributed by atoms with Gasteiger partial charge in [0.15, 0.2) is 0 Å². The Hall–Kier alpha value is -3.41. The summed E-state index contributed by atoms with van der Waals surface area (Å²) in [7, 11) is 0. The molecule has 1 atom stereocenters. The average molecular weight is 391 g/mol. The minimum Gasteiger partial charge on any atom is -0.370 e. The zero-order chi connectivity index (χ0) is 20.8. The molecule has 2 aromatic rings. The molecule has 0 saturated carbocycles. The molecule has 1 aliphatic rings. The van der Waals surface area contributed by atoms with Crippen molar-refractivity contribution in [2.45, 2.75) is 32.4 Å². The van der Waals surface area contributed by atoms with Gasteiger partial charge < -0.3 is 15.5 Å². The van der Waals surface area contributed by atoms with Gasteiger partial charge in [-0.25, -0.2) is 0 Å². The highest BCUT2D eigenvalue weighted by Gasteiger charge is 2.30. The second-order valence-corrected chi connectivity index (χ2v) is 7.11. The van der Waals surface area contributed by atoms with Crippen LogP contribution in [0.25, 0.3) is 6.08 Å². The Bertz CT molecular complexity index is 924. The molecule has 6 nitrogen and oxygen atoms in total. The number of hydrogen-bond donors (Lipinski definition) is 1. The maximum absolute atomic E-state index is 13.2. The topological polar surface area (TPSA) is 83.7 Å². The van der Waals surface area contributed by atoms with Crippen LogP contribution in [0.5, 0.6) is 0 Å². The van der Waals surface area contributed by atoms with Gasteiger partial charge in [0.25, 0.3) is 0 Å². The Morgan fingerprint density at radius 1 is 1.03 bits per heavy atom. The Labute approximate surface area is 170 Å². The highest BCUT2D eigenvalue weighted by Crippen LogP contribution is 2.33. The first-order valence-electron chi connectivity index (χ1n) is 9.61. The van der Waals surface area contributed by atoms with Crippen LogP contribution in [0.2, 0.25) is 0 Å². The molecule has 0 saturated heterocycles. The molecule has 29 heavy (non-hydrogen) atoms. The number of nitrogens with zero attached hydrogens (tertiary/aromatic N) is 2. The Morgan fingerprint density at radius 3 is 2.41 bits per heavy atom. The average Bonchev–Trinajstić information content (AvgIpc) is 2.71. The van der Waals surface area contributed by atoms with Gasteiger partial charge in [-0.3, -0.25) is 14.4 Å². The van der Waals surface area contributed by atoms with Crippen LogP contribution in [0.1, 0.15) is 42.5 Å². The Kier molecular flexibility index (Phi) is 6.44. The van der Waals surface area contributed by atoms with Crippen molar-refractivity contribution in [1.82, 2.24) is 9.80 Å². The molecule has 1 unspecified atom stereocenters. The first-order valence-corrected chi connectivity index (χ1v) is 9.61. The summed E-state index contributed by atoms with van der Waals surface area (Å²) in [5.41, 5.74) is 8.21. The molecular formula is C23H25N3O3. The van der Waals surface area contributed by atoms with Crippen LogP contribution in [0.15, 0.2) is 60.8 Å². The lowest BCUT2D eigenvalue weighted by molar-refractivity contribution is -0.135. The predicted molar refractivity (Wildman–Crippen MR) is 111 cm³/mol. The molecule has 2 N–H and O–H groups in total. The summed E-state index contributed by atoms with van der Waals surface area (Å²) < 4.78 is 0. The second-order valence-electron chi connectivity index (χ2n) is 7.11. The number of nitrogens with two attached hydrogens (primary N) is 1. The summed E-state index contributed by atoms with van der Waals surface area (Å²) >= 11 is 0. The highest BCUT2D eigenvalue weighted by atomic mass is 16.2. The summed E-state index contributed by atoms with van der Waals surface area (Å²) in [6, 6.07) is 17.0. The lowest BCUT2D eigenvalue weighted by atomic mass is 9.93. The van der Waals surface area contributed by atoms with E-state index in [9.17, 15) is 14.4 Å². The Morgan fingerprint density at radius 2 is 1.72 bits per heavy atom. The zero-order valence-electron chi connectivity index (χ0n) is 16.5. The van der Waals surface area contributed by atoms with Crippen LogP contribution in [0.4, 0.5) is 0 Å². The SMILES string of the molecule is CC(=O)N1C=Cc2ccccc2C1CC(=O)N(CCC(N)=O)Cc1ccccc1. The van der Waals surface area contributed by atoms with Gasteiger partial charge in [-0.2, -0.15) is 0 Å². The number of benzene rings is 2. The van der Waals surface area contributed by atoms with Crippen LogP contribution in [-0.4, -0.2) is 34.1 Å².